The topological polar surface area (TPSA) is 37.3 Å². The lowest BCUT2D eigenvalue weighted by Crippen LogP contribution is -1.34. The van der Waals surface area contributed by atoms with Gasteiger partial charge in [-0.25, -0.2) is 4.79 Å². The molecule has 0 bridgehead atoms. The number of carbonyl (C=O) groups excluding carboxylic acids is 1. The zero-order valence-electron chi connectivity index (χ0n) is 3.06. The van der Waals surface area contributed by atoms with E-state index in [1.807, 2.05) is 0 Å². The Kier molecular flexibility index (Phi) is 112. The molecule has 3 heteroatoms. The van der Waals surface area contributed by atoms with Gasteiger partial charge >= 0.3 is 0 Å². The monoisotopic (exact) mass is 90.0 g/mol. The van der Waals surface area contributed by atoms with Gasteiger partial charge in [-0.05, 0) is 6.58 Å². The molecule has 30 valence electrons. The van der Waals surface area contributed by atoms with Crippen molar-refractivity contribution in [1.82, 2.24) is 0 Å². The van der Waals surface area contributed by atoms with E-state index in [-0.39, 0.29) is 0 Å². The van der Waals surface area contributed by atoms with Gasteiger partial charge in [-0.1, -0.05) is 0 Å². The first-order valence-corrected chi connectivity index (χ1v) is 1.90. The molecule has 0 heterocycles. The third-order valence-electron chi connectivity index (χ3n) is 0. The van der Waals surface area contributed by atoms with Gasteiger partial charge in [-0.15, -0.1) is 0 Å². The smallest absolute Gasteiger partial charge is 0.141 e. The quantitative estimate of drug-likeness (QED) is 0.283. The predicted molar refractivity (Wildman–Crippen MR) is 23.5 cm³/mol. The fourth-order valence-corrected chi connectivity index (χ4v) is 0. The lowest BCUT2D eigenvalue weighted by atomic mass is 11.2. The van der Waals surface area contributed by atoms with Gasteiger partial charge < -0.3 is 4.80 Å². The summed E-state index contributed by atoms with van der Waals surface area (Å²) in [5, 5.41) is 0. The summed E-state index contributed by atoms with van der Waals surface area (Å²) >= 11 is 0. The summed E-state index contributed by atoms with van der Waals surface area (Å²) in [6.07, 6.45) is 0. The average Bonchev–Trinajstić information content (AvgIpc) is 1.46. The van der Waals surface area contributed by atoms with Gasteiger partial charge in [0.2, 0.25) is 0 Å². The summed E-state index contributed by atoms with van der Waals surface area (Å²) in [4.78, 5) is 15.7. The molecule has 0 fully saturated rings. The minimum absolute atomic E-state index is 0.306. The number of hydrogen-bond acceptors (Lipinski definition) is 2. The summed E-state index contributed by atoms with van der Waals surface area (Å²) in [5.41, 5.74) is 0. The highest BCUT2D eigenvalue weighted by atomic mass is 28.2. The highest BCUT2D eigenvalue weighted by molar-refractivity contribution is 5.95. The molecular weight excluding hydrogens is 84.1 g/mol. The van der Waals surface area contributed by atoms with E-state index < -0.39 is 0 Å². The van der Waals surface area contributed by atoms with Crippen LogP contribution in [0, 0.1) is 0 Å². The Morgan fingerprint density at radius 3 is 1.80 bits per heavy atom. The molecule has 0 aromatic rings. The highest BCUT2D eigenvalue weighted by Crippen LogP contribution is 0.894. The molecule has 0 radical (unpaired) electrons. The normalized spacial score (nSPS) is 3.40. The second kappa shape index (κ2) is 63.7. The van der Waals surface area contributed by atoms with Crippen molar-refractivity contribution in [3.05, 3.63) is 6.58 Å². The molecule has 2 nitrogen and oxygen atoms in total. The van der Waals surface area contributed by atoms with Crippen LogP contribution in [0.25, 0.3) is 0 Å². The Labute approximate surface area is 33.7 Å². The van der Waals surface area contributed by atoms with E-state index in [1.165, 1.54) is 5.94 Å². The molecule has 0 unspecified atom stereocenters. The zero-order chi connectivity index (χ0) is 4.71. The molecule has 0 atom stereocenters. The van der Waals surface area contributed by atoms with Crippen LogP contribution in [0.2, 0.25) is 0 Å². The molecule has 0 amide bonds. The first kappa shape index (κ1) is 8.82. The van der Waals surface area contributed by atoms with Crippen LogP contribution in [0.15, 0.2) is 6.58 Å². The van der Waals surface area contributed by atoms with E-state index in [0.29, 0.717) is 10.5 Å². The molecule has 0 aromatic heterocycles. The maximum atomic E-state index is 8.57. The van der Waals surface area contributed by atoms with Crippen molar-refractivity contribution in [3.63, 3.8) is 0 Å². The van der Waals surface area contributed by atoms with Crippen LogP contribution >= 0.6 is 0 Å². The molecule has 0 aliphatic carbocycles. The summed E-state index contributed by atoms with van der Waals surface area (Å²) in [7, 11) is 0.306. The molecule has 0 rings (SSSR count). The minimum atomic E-state index is 0.306. The third kappa shape index (κ3) is 69.0. The number of hydrogen-bond donors (Lipinski definition) is 1. The lowest BCUT2D eigenvalue weighted by molar-refractivity contribution is 0.569. The Balaban J connectivity index is 0. The van der Waals surface area contributed by atoms with Gasteiger partial charge in [0, 0.05) is 0 Å². The van der Waals surface area contributed by atoms with Gasteiger partial charge in [0.15, 0.2) is 0 Å². The zero-order valence-corrected chi connectivity index (χ0v) is 5.06. The second-order valence-electron chi connectivity index (χ2n) is 0.144. The standard InChI is InChI=1S/C2H2O.H4OSi/c1-2-3;1-2/h1H2;1H,2H3. The van der Waals surface area contributed by atoms with E-state index in [2.05, 4.69) is 6.58 Å². The first-order chi connectivity index (χ1) is 2.41. The molecule has 0 saturated heterocycles. The molecule has 0 aliphatic heterocycles. The van der Waals surface area contributed by atoms with Gasteiger partial charge in [-0.3, -0.25) is 0 Å². The molecule has 0 saturated carbocycles. The Bertz CT molecular complexity index is 28.6. The first-order valence-electron chi connectivity index (χ1n) is 1.00. The molecule has 1 N–H and O–H groups in total. The lowest BCUT2D eigenvalue weighted by Gasteiger charge is -1.19. The van der Waals surface area contributed by atoms with Crippen molar-refractivity contribution in [2.24, 2.45) is 0 Å². The van der Waals surface area contributed by atoms with Gasteiger partial charge in [0.1, 0.15) is 16.4 Å². The fourth-order valence-electron chi connectivity index (χ4n) is 0. The average molecular weight is 90.2 g/mol. The maximum absolute atomic E-state index is 8.57. The summed E-state index contributed by atoms with van der Waals surface area (Å²) in [6.45, 7) is 2.68. The number of rotatable bonds is 0. The van der Waals surface area contributed by atoms with E-state index >= 15 is 0 Å². The summed E-state index contributed by atoms with van der Waals surface area (Å²) < 4.78 is 0. The van der Waals surface area contributed by atoms with E-state index in [4.69, 9.17) is 9.59 Å². The van der Waals surface area contributed by atoms with Crippen LogP contribution in [0.1, 0.15) is 0 Å². The maximum Gasteiger partial charge on any atom is 0.141 e. The van der Waals surface area contributed by atoms with Gasteiger partial charge in [0.25, 0.3) is 0 Å². The van der Waals surface area contributed by atoms with Crippen LogP contribution in [0.5, 0.6) is 0 Å². The molecule has 0 aliphatic rings. The van der Waals surface area contributed by atoms with Crippen molar-refractivity contribution in [1.29, 1.82) is 0 Å². The fraction of sp³-hybridized carbons (Fsp3) is 0. The van der Waals surface area contributed by atoms with E-state index in [9.17, 15) is 0 Å². The van der Waals surface area contributed by atoms with E-state index in [0.717, 1.165) is 0 Å². The Morgan fingerprint density at radius 2 is 1.80 bits per heavy atom. The molecule has 5 heavy (non-hydrogen) atoms. The largest absolute Gasteiger partial charge is 0.442 e. The SMILES string of the molecule is C=C=O.O[SiH3]. The van der Waals surface area contributed by atoms with Crippen LogP contribution in [0.3, 0.4) is 0 Å². The predicted octanol–water partition coefficient (Wildman–Crippen LogP) is -1.74. The van der Waals surface area contributed by atoms with Crippen LogP contribution < -0.4 is 0 Å². The minimum Gasteiger partial charge on any atom is -0.442 e. The molecule has 0 spiro atoms. The molecule has 0 aromatic carbocycles. The Morgan fingerprint density at radius 1 is 1.80 bits per heavy atom. The summed E-state index contributed by atoms with van der Waals surface area (Å²) in [5.74, 6) is 1.25. The van der Waals surface area contributed by atoms with E-state index in [1.54, 1.807) is 0 Å². The highest BCUT2D eigenvalue weighted by Gasteiger charge is 1.01. The second-order valence-corrected chi connectivity index (χ2v) is 0.144. The van der Waals surface area contributed by atoms with Gasteiger partial charge in [0.05, 0.1) is 0 Å². The third-order valence-corrected chi connectivity index (χ3v) is 0. The van der Waals surface area contributed by atoms with Crippen LogP contribution in [-0.2, 0) is 4.79 Å². The summed E-state index contributed by atoms with van der Waals surface area (Å²) in [6, 6.07) is 0. The Hall–Kier alpha value is -0.373. The van der Waals surface area contributed by atoms with Crippen molar-refractivity contribution in [3.8, 4) is 0 Å². The van der Waals surface area contributed by atoms with Crippen molar-refractivity contribution < 1.29 is 9.59 Å². The van der Waals surface area contributed by atoms with Gasteiger partial charge in [-0.2, -0.15) is 0 Å². The van der Waals surface area contributed by atoms with Crippen molar-refractivity contribution in [2.75, 3.05) is 0 Å². The van der Waals surface area contributed by atoms with Crippen molar-refractivity contribution in [2.45, 2.75) is 0 Å². The van der Waals surface area contributed by atoms with Crippen LogP contribution in [0.4, 0.5) is 0 Å². The van der Waals surface area contributed by atoms with Crippen LogP contribution in [-0.4, -0.2) is 21.2 Å². The van der Waals surface area contributed by atoms with Crippen molar-refractivity contribution >= 4 is 16.4 Å². The molecular formula is C2H6O2Si.